The Hall–Kier alpha value is -2.72. The second-order valence-corrected chi connectivity index (χ2v) is 6.37. The van der Waals surface area contributed by atoms with E-state index in [0.717, 1.165) is 16.8 Å². The minimum absolute atomic E-state index is 0.0102. The van der Waals surface area contributed by atoms with Crippen LogP contribution in [0.2, 0.25) is 0 Å². The summed E-state index contributed by atoms with van der Waals surface area (Å²) in [6.07, 6.45) is 0. The van der Waals surface area contributed by atoms with Crippen molar-refractivity contribution in [3.8, 4) is 0 Å². The third-order valence-corrected chi connectivity index (χ3v) is 4.63. The van der Waals surface area contributed by atoms with Gasteiger partial charge in [-0.2, -0.15) is 5.10 Å². The Morgan fingerprint density at radius 1 is 0.917 bits per heavy atom. The van der Waals surface area contributed by atoms with Crippen LogP contribution < -0.4 is 5.43 Å². The molecule has 0 aliphatic heterocycles. The van der Waals surface area contributed by atoms with Gasteiger partial charge in [-0.05, 0) is 29.5 Å². The Bertz CT molecular complexity index is 772. The lowest BCUT2D eigenvalue weighted by molar-refractivity contribution is 0.0958. The van der Waals surface area contributed by atoms with Crippen molar-refractivity contribution in [2.24, 2.45) is 5.10 Å². The molecule has 1 amide bonds. The Balaban J connectivity index is 1.88. The first-order chi connectivity index (χ1) is 11.8. The molecule has 1 heterocycles. The number of hydrogen-bond acceptors (Lipinski definition) is 3. The van der Waals surface area contributed by atoms with Crippen LogP contribution in [0.15, 0.2) is 83.3 Å². The zero-order valence-electron chi connectivity index (χ0n) is 13.3. The molecule has 0 spiro atoms. The summed E-state index contributed by atoms with van der Waals surface area (Å²) in [5.41, 5.74) is 5.81. The number of nitrogens with zero attached hydrogens (tertiary/aromatic N) is 1. The maximum Gasteiger partial charge on any atom is 0.281 e. The highest BCUT2D eigenvalue weighted by Gasteiger charge is 2.17. The van der Waals surface area contributed by atoms with Crippen molar-refractivity contribution < 1.29 is 4.79 Å². The summed E-state index contributed by atoms with van der Waals surface area (Å²) in [5.74, 6) is -0.166. The van der Waals surface area contributed by atoms with Crippen LogP contribution in [0, 0.1) is 0 Å². The molecule has 1 aromatic heterocycles. The number of benzene rings is 2. The van der Waals surface area contributed by atoms with Crippen LogP contribution in [0.1, 0.15) is 33.6 Å². The number of carbonyl (C=O) groups excluding carboxylic acids is 1. The van der Waals surface area contributed by atoms with E-state index in [-0.39, 0.29) is 11.8 Å². The maximum absolute atomic E-state index is 12.1. The smallest absolute Gasteiger partial charge is 0.266 e. The van der Waals surface area contributed by atoms with Gasteiger partial charge < -0.3 is 0 Å². The molecular weight excluding hydrogens is 316 g/mol. The van der Waals surface area contributed by atoms with Crippen molar-refractivity contribution in [1.29, 1.82) is 0 Å². The summed E-state index contributed by atoms with van der Waals surface area (Å²) in [7, 11) is 0. The van der Waals surface area contributed by atoms with Crippen LogP contribution in [0.3, 0.4) is 0 Å². The normalized spacial score (nSPS) is 11.5. The molecule has 2 aromatic carbocycles. The number of thiophene rings is 1. The lowest BCUT2D eigenvalue weighted by Crippen LogP contribution is -2.21. The van der Waals surface area contributed by atoms with Crippen molar-refractivity contribution in [1.82, 2.24) is 5.43 Å². The third kappa shape index (κ3) is 3.78. The lowest BCUT2D eigenvalue weighted by atomic mass is 9.88. The van der Waals surface area contributed by atoms with Gasteiger partial charge in [0.25, 0.3) is 5.91 Å². The van der Waals surface area contributed by atoms with E-state index < -0.39 is 0 Å². The number of carbonyl (C=O) groups is 1. The molecule has 0 fully saturated rings. The monoisotopic (exact) mass is 334 g/mol. The standard InChI is InChI=1S/C20H18N2OS/c1-15(21-22-20(23)18-13-8-14-24-18)19(16-9-4-2-5-10-16)17-11-6-3-7-12-17/h2-14,19H,1H3,(H,22,23)/b21-15+. The summed E-state index contributed by atoms with van der Waals surface area (Å²) in [6.45, 7) is 1.94. The molecule has 0 radical (unpaired) electrons. The number of hydrogen-bond donors (Lipinski definition) is 1. The van der Waals surface area contributed by atoms with Gasteiger partial charge in [0.05, 0.1) is 4.88 Å². The predicted octanol–water partition coefficient (Wildman–Crippen LogP) is 4.69. The summed E-state index contributed by atoms with van der Waals surface area (Å²) >= 11 is 1.40. The van der Waals surface area contributed by atoms with E-state index >= 15 is 0 Å². The first kappa shape index (κ1) is 16.1. The van der Waals surface area contributed by atoms with Gasteiger partial charge in [-0.15, -0.1) is 11.3 Å². The fourth-order valence-corrected chi connectivity index (χ4v) is 3.25. The van der Waals surface area contributed by atoms with Gasteiger partial charge in [0, 0.05) is 11.6 Å². The van der Waals surface area contributed by atoms with Crippen molar-refractivity contribution in [3.63, 3.8) is 0 Å². The maximum atomic E-state index is 12.1. The first-order valence-corrected chi connectivity index (χ1v) is 8.61. The molecule has 0 bridgehead atoms. The van der Waals surface area contributed by atoms with Crippen LogP contribution in [0.25, 0.3) is 0 Å². The van der Waals surface area contributed by atoms with E-state index in [0.29, 0.717) is 4.88 Å². The van der Waals surface area contributed by atoms with E-state index in [9.17, 15) is 4.79 Å². The van der Waals surface area contributed by atoms with Gasteiger partial charge in [0.15, 0.2) is 0 Å². The molecule has 0 aliphatic rings. The molecule has 24 heavy (non-hydrogen) atoms. The quantitative estimate of drug-likeness (QED) is 0.534. The molecule has 0 saturated carbocycles. The minimum Gasteiger partial charge on any atom is -0.266 e. The Morgan fingerprint density at radius 3 is 2.00 bits per heavy atom. The van der Waals surface area contributed by atoms with Gasteiger partial charge in [0.1, 0.15) is 0 Å². The van der Waals surface area contributed by atoms with Crippen molar-refractivity contribution in [2.45, 2.75) is 12.8 Å². The highest BCUT2D eigenvalue weighted by atomic mass is 32.1. The van der Waals surface area contributed by atoms with Crippen molar-refractivity contribution in [2.75, 3.05) is 0 Å². The molecule has 0 saturated heterocycles. The highest BCUT2D eigenvalue weighted by molar-refractivity contribution is 7.12. The lowest BCUT2D eigenvalue weighted by Gasteiger charge is -2.18. The summed E-state index contributed by atoms with van der Waals surface area (Å²) in [4.78, 5) is 12.8. The molecule has 0 unspecified atom stereocenters. The fourth-order valence-electron chi connectivity index (χ4n) is 2.63. The Morgan fingerprint density at radius 2 is 1.50 bits per heavy atom. The van der Waals surface area contributed by atoms with Gasteiger partial charge in [0.2, 0.25) is 0 Å². The molecule has 0 aliphatic carbocycles. The van der Waals surface area contributed by atoms with E-state index in [1.807, 2.05) is 54.8 Å². The van der Waals surface area contributed by atoms with Gasteiger partial charge >= 0.3 is 0 Å². The molecule has 0 atom stereocenters. The van der Waals surface area contributed by atoms with E-state index in [1.54, 1.807) is 6.07 Å². The predicted molar refractivity (Wildman–Crippen MR) is 99.6 cm³/mol. The summed E-state index contributed by atoms with van der Waals surface area (Å²) in [5, 5.41) is 6.23. The zero-order chi connectivity index (χ0) is 16.8. The van der Waals surface area contributed by atoms with E-state index in [2.05, 4.69) is 34.8 Å². The average Bonchev–Trinajstić information content (AvgIpc) is 3.16. The second kappa shape index (κ2) is 7.70. The average molecular weight is 334 g/mol. The topological polar surface area (TPSA) is 41.5 Å². The number of hydrazone groups is 1. The number of nitrogens with one attached hydrogen (secondary N) is 1. The largest absolute Gasteiger partial charge is 0.281 e. The number of rotatable bonds is 5. The van der Waals surface area contributed by atoms with Crippen LogP contribution in [0.5, 0.6) is 0 Å². The van der Waals surface area contributed by atoms with Crippen molar-refractivity contribution in [3.05, 3.63) is 94.2 Å². The highest BCUT2D eigenvalue weighted by Crippen LogP contribution is 2.26. The van der Waals surface area contributed by atoms with E-state index in [4.69, 9.17) is 0 Å². The molecule has 3 rings (SSSR count). The van der Waals surface area contributed by atoms with E-state index in [1.165, 1.54) is 11.3 Å². The van der Waals surface area contributed by atoms with Crippen molar-refractivity contribution >= 4 is 23.0 Å². The van der Waals surface area contributed by atoms with Crippen LogP contribution >= 0.6 is 11.3 Å². The van der Waals surface area contributed by atoms with Gasteiger partial charge in [-0.3, -0.25) is 4.79 Å². The van der Waals surface area contributed by atoms with Crippen LogP contribution in [0.4, 0.5) is 0 Å². The summed E-state index contributed by atoms with van der Waals surface area (Å²) in [6, 6.07) is 24.0. The fraction of sp³-hybridized carbons (Fsp3) is 0.100. The second-order valence-electron chi connectivity index (χ2n) is 5.43. The minimum atomic E-state index is -0.177. The molecular formula is C20H18N2OS. The number of amides is 1. The molecule has 1 N–H and O–H groups in total. The first-order valence-electron chi connectivity index (χ1n) is 7.73. The zero-order valence-corrected chi connectivity index (χ0v) is 14.2. The molecule has 3 nitrogen and oxygen atoms in total. The molecule has 3 aromatic rings. The Kier molecular flexibility index (Phi) is 5.18. The van der Waals surface area contributed by atoms with Crippen LogP contribution in [-0.2, 0) is 0 Å². The van der Waals surface area contributed by atoms with Gasteiger partial charge in [-0.1, -0.05) is 66.7 Å². The Labute approximate surface area is 145 Å². The van der Waals surface area contributed by atoms with Gasteiger partial charge in [-0.25, -0.2) is 5.43 Å². The summed E-state index contributed by atoms with van der Waals surface area (Å²) < 4.78 is 0. The van der Waals surface area contributed by atoms with Crippen LogP contribution in [-0.4, -0.2) is 11.6 Å². The third-order valence-electron chi connectivity index (χ3n) is 3.76. The molecule has 120 valence electrons. The molecule has 4 heteroatoms. The SMILES string of the molecule is C/C(=N\NC(=O)c1cccs1)C(c1ccccc1)c1ccccc1.